The van der Waals surface area contributed by atoms with Crippen LogP contribution in [0, 0.1) is 6.92 Å². The van der Waals surface area contributed by atoms with E-state index >= 15 is 0 Å². The van der Waals surface area contributed by atoms with E-state index in [9.17, 15) is 9.90 Å². The minimum absolute atomic E-state index is 0.245. The van der Waals surface area contributed by atoms with Crippen molar-refractivity contribution in [3.05, 3.63) is 71.3 Å². The molecular formula is C18H19NO3. The van der Waals surface area contributed by atoms with Crippen LogP contribution in [0.3, 0.4) is 0 Å². The summed E-state index contributed by atoms with van der Waals surface area (Å²) in [6.45, 7) is 2.42. The predicted octanol–water partition coefficient (Wildman–Crippen LogP) is 3.64. The molecule has 2 N–H and O–H groups in total. The number of aryl methyl sites for hydroxylation is 1. The lowest BCUT2D eigenvalue weighted by atomic mass is 10.1. The van der Waals surface area contributed by atoms with Crippen LogP contribution in [0.2, 0.25) is 0 Å². The number of carbonyl (C=O) groups excluding carboxylic acids is 1. The van der Waals surface area contributed by atoms with Crippen LogP contribution in [-0.4, -0.2) is 17.7 Å². The fraction of sp³-hybridized carbons (Fsp3) is 0.167. The number of alkyl carbamates (subject to hydrolysis) is 1. The minimum atomic E-state index is -0.470. The van der Waals surface area contributed by atoms with Gasteiger partial charge in [0.1, 0.15) is 12.4 Å². The van der Waals surface area contributed by atoms with Crippen LogP contribution in [0.15, 0.2) is 54.6 Å². The van der Waals surface area contributed by atoms with E-state index < -0.39 is 6.09 Å². The Morgan fingerprint density at radius 3 is 2.73 bits per heavy atom. The Morgan fingerprint density at radius 1 is 1.18 bits per heavy atom. The van der Waals surface area contributed by atoms with Crippen LogP contribution in [0.25, 0.3) is 6.08 Å². The van der Waals surface area contributed by atoms with Crippen LogP contribution in [-0.2, 0) is 11.3 Å². The van der Waals surface area contributed by atoms with Crippen molar-refractivity contribution in [2.24, 2.45) is 0 Å². The zero-order chi connectivity index (χ0) is 15.8. The summed E-state index contributed by atoms with van der Waals surface area (Å²) in [6, 6.07) is 15.0. The standard InChI is InChI=1S/C18H19NO3/c1-14-7-5-10-16(17(14)20)11-6-12-19-18(21)22-13-15-8-3-2-4-9-15/h2-11,20H,12-13H2,1H3,(H,19,21). The number of phenolic OH excluding ortho intramolecular Hbond substituents is 1. The molecule has 0 saturated heterocycles. The first kappa shape index (κ1) is 15.6. The molecule has 114 valence electrons. The first-order chi connectivity index (χ1) is 10.7. The number of para-hydroxylation sites is 1. The lowest BCUT2D eigenvalue weighted by Gasteiger charge is -2.05. The van der Waals surface area contributed by atoms with Crippen molar-refractivity contribution in [2.45, 2.75) is 13.5 Å². The van der Waals surface area contributed by atoms with E-state index in [1.165, 1.54) is 0 Å². The molecule has 0 radical (unpaired) electrons. The topological polar surface area (TPSA) is 58.6 Å². The van der Waals surface area contributed by atoms with Crippen LogP contribution >= 0.6 is 0 Å². The van der Waals surface area contributed by atoms with Gasteiger partial charge >= 0.3 is 6.09 Å². The summed E-state index contributed by atoms with van der Waals surface area (Å²) in [5, 5.41) is 12.5. The van der Waals surface area contributed by atoms with Crippen LogP contribution in [0.1, 0.15) is 16.7 Å². The van der Waals surface area contributed by atoms with Crippen LogP contribution in [0.4, 0.5) is 4.79 Å². The largest absolute Gasteiger partial charge is 0.507 e. The van der Waals surface area contributed by atoms with Gasteiger partial charge in [-0.2, -0.15) is 0 Å². The maximum absolute atomic E-state index is 11.5. The number of hydrogen-bond donors (Lipinski definition) is 2. The fourth-order valence-electron chi connectivity index (χ4n) is 1.92. The molecule has 2 aromatic rings. The first-order valence-electron chi connectivity index (χ1n) is 7.06. The second-order valence-corrected chi connectivity index (χ2v) is 4.86. The van der Waals surface area contributed by atoms with Crippen molar-refractivity contribution >= 4 is 12.2 Å². The molecule has 2 aromatic carbocycles. The van der Waals surface area contributed by atoms with Gasteiger partial charge in [-0.25, -0.2) is 4.79 Å². The van der Waals surface area contributed by atoms with Gasteiger partial charge in [-0.3, -0.25) is 0 Å². The Hall–Kier alpha value is -2.75. The van der Waals surface area contributed by atoms with Crippen molar-refractivity contribution in [1.82, 2.24) is 5.32 Å². The lowest BCUT2D eigenvalue weighted by Crippen LogP contribution is -2.24. The summed E-state index contributed by atoms with van der Waals surface area (Å²) in [5.41, 5.74) is 2.48. The molecule has 0 bridgehead atoms. The van der Waals surface area contributed by atoms with Gasteiger partial charge in [-0.1, -0.05) is 60.7 Å². The molecule has 0 unspecified atom stereocenters. The number of hydrogen-bond acceptors (Lipinski definition) is 3. The average Bonchev–Trinajstić information content (AvgIpc) is 2.54. The highest BCUT2D eigenvalue weighted by molar-refractivity contribution is 5.68. The highest BCUT2D eigenvalue weighted by atomic mass is 16.5. The molecule has 2 rings (SSSR count). The van der Waals surface area contributed by atoms with Gasteiger partial charge in [0.15, 0.2) is 0 Å². The molecule has 0 aliphatic rings. The van der Waals surface area contributed by atoms with E-state index in [0.717, 1.165) is 16.7 Å². The second kappa shape index (κ2) is 7.88. The van der Waals surface area contributed by atoms with Gasteiger partial charge < -0.3 is 15.2 Å². The molecule has 22 heavy (non-hydrogen) atoms. The third-order valence-electron chi connectivity index (χ3n) is 3.14. The quantitative estimate of drug-likeness (QED) is 0.886. The van der Waals surface area contributed by atoms with Gasteiger partial charge in [0.25, 0.3) is 0 Å². The van der Waals surface area contributed by atoms with E-state index in [2.05, 4.69) is 5.32 Å². The van der Waals surface area contributed by atoms with Crippen LogP contribution in [0.5, 0.6) is 5.75 Å². The molecule has 0 spiro atoms. The summed E-state index contributed by atoms with van der Waals surface area (Å²) < 4.78 is 5.09. The summed E-state index contributed by atoms with van der Waals surface area (Å²) in [4.78, 5) is 11.5. The number of phenols is 1. The molecule has 4 heteroatoms. The highest BCUT2D eigenvalue weighted by Gasteiger charge is 2.01. The molecule has 0 heterocycles. The summed E-state index contributed by atoms with van der Waals surface area (Å²) in [7, 11) is 0. The van der Waals surface area contributed by atoms with Crippen molar-refractivity contribution in [1.29, 1.82) is 0 Å². The minimum Gasteiger partial charge on any atom is -0.507 e. The summed E-state index contributed by atoms with van der Waals surface area (Å²) in [5.74, 6) is 0.255. The smallest absolute Gasteiger partial charge is 0.407 e. The van der Waals surface area contributed by atoms with E-state index in [1.54, 1.807) is 12.2 Å². The summed E-state index contributed by atoms with van der Waals surface area (Å²) >= 11 is 0. The molecule has 0 aliphatic heterocycles. The van der Waals surface area contributed by atoms with E-state index in [0.29, 0.717) is 6.54 Å². The predicted molar refractivity (Wildman–Crippen MR) is 86.5 cm³/mol. The zero-order valence-electron chi connectivity index (χ0n) is 12.5. The average molecular weight is 297 g/mol. The molecule has 0 aliphatic carbocycles. The number of benzene rings is 2. The number of carbonyl (C=O) groups is 1. The molecule has 0 fully saturated rings. The fourth-order valence-corrected chi connectivity index (χ4v) is 1.92. The van der Waals surface area contributed by atoms with Crippen molar-refractivity contribution < 1.29 is 14.6 Å². The molecule has 0 atom stereocenters. The third-order valence-corrected chi connectivity index (χ3v) is 3.14. The molecule has 4 nitrogen and oxygen atoms in total. The number of rotatable bonds is 5. The zero-order valence-corrected chi connectivity index (χ0v) is 12.5. The second-order valence-electron chi connectivity index (χ2n) is 4.86. The Labute approximate surface area is 130 Å². The van der Waals surface area contributed by atoms with Crippen LogP contribution < -0.4 is 5.32 Å². The molecule has 0 saturated carbocycles. The molecule has 0 aromatic heterocycles. The maximum Gasteiger partial charge on any atom is 0.407 e. The molecule has 1 amide bonds. The number of ether oxygens (including phenoxy) is 1. The Kier molecular flexibility index (Phi) is 5.60. The highest BCUT2D eigenvalue weighted by Crippen LogP contribution is 2.22. The first-order valence-corrected chi connectivity index (χ1v) is 7.06. The SMILES string of the molecule is Cc1cccc(C=CCNC(=O)OCc2ccccc2)c1O. The Bertz CT molecular complexity index is 651. The number of aromatic hydroxyl groups is 1. The number of amides is 1. The Morgan fingerprint density at radius 2 is 1.95 bits per heavy atom. The van der Waals surface area contributed by atoms with Crippen molar-refractivity contribution in [3.63, 3.8) is 0 Å². The lowest BCUT2D eigenvalue weighted by molar-refractivity contribution is 0.141. The third kappa shape index (κ3) is 4.66. The normalized spacial score (nSPS) is 10.6. The van der Waals surface area contributed by atoms with E-state index in [-0.39, 0.29) is 12.4 Å². The van der Waals surface area contributed by atoms with E-state index in [4.69, 9.17) is 4.74 Å². The van der Waals surface area contributed by atoms with Gasteiger partial charge in [0, 0.05) is 12.1 Å². The van der Waals surface area contributed by atoms with Crippen molar-refractivity contribution in [2.75, 3.05) is 6.54 Å². The van der Waals surface area contributed by atoms with Gasteiger partial charge in [0.2, 0.25) is 0 Å². The molecular weight excluding hydrogens is 278 g/mol. The Balaban J connectivity index is 1.75. The maximum atomic E-state index is 11.5. The van der Waals surface area contributed by atoms with Gasteiger partial charge in [0.05, 0.1) is 0 Å². The van der Waals surface area contributed by atoms with Gasteiger partial charge in [-0.05, 0) is 18.1 Å². The van der Waals surface area contributed by atoms with Crippen molar-refractivity contribution in [3.8, 4) is 5.75 Å². The summed E-state index contributed by atoms with van der Waals surface area (Å²) in [6.07, 6.45) is 3.06. The van der Waals surface area contributed by atoms with E-state index in [1.807, 2.05) is 55.5 Å². The number of nitrogens with one attached hydrogen (secondary N) is 1. The monoisotopic (exact) mass is 297 g/mol. The van der Waals surface area contributed by atoms with Gasteiger partial charge in [-0.15, -0.1) is 0 Å².